The van der Waals surface area contributed by atoms with Crippen molar-refractivity contribution >= 4 is 21.7 Å². The molecule has 0 saturated heterocycles. The number of benzene rings is 2. The third-order valence-corrected chi connectivity index (χ3v) is 6.28. The number of aryl methyl sites for hydroxylation is 1. The molecule has 0 heterocycles. The highest BCUT2D eigenvalue weighted by Gasteiger charge is 2.19. The normalized spacial score (nSPS) is 12.4. The van der Waals surface area contributed by atoms with Crippen molar-refractivity contribution in [3.05, 3.63) is 72.3 Å². The molecule has 2 aromatic carbocycles. The molecule has 0 aliphatic heterocycles. The van der Waals surface area contributed by atoms with Crippen LogP contribution in [-0.4, -0.2) is 32.3 Å². The van der Waals surface area contributed by atoms with Crippen molar-refractivity contribution in [1.29, 1.82) is 0 Å². The highest BCUT2D eigenvalue weighted by atomic mass is 32.2. The predicted molar refractivity (Wildman–Crippen MR) is 113 cm³/mol. The van der Waals surface area contributed by atoms with Crippen LogP contribution in [0.5, 0.6) is 0 Å². The van der Waals surface area contributed by atoms with Crippen LogP contribution in [0.25, 0.3) is 0 Å². The fourth-order valence-electron chi connectivity index (χ4n) is 2.66. The zero-order chi connectivity index (χ0) is 20.7. The second-order valence-corrected chi connectivity index (χ2v) is 8.56. The number of anilines is 1. The second kappa shape index (κ2) is 9.52. The minimum atomic E-state index is -3.57. The maximum absolute atomic E-state index is 12.4. The molecular weight excluding hydrogens is 374 g/mol. The lowest BCUT2D eigenvalue weighted by Gasteiger charge is -2.17. The van der Waals surface area contributed by atoms with E-state index in [1.165, 1.54) is 35.1 Å². The highest BCUT2D eigenvalue weighted by molar-refractivity contribution is 7.89. The molecule has 2 aromatic rings. The van der Waals surface area contributed by atoms with Gasteiger partial charge in [0.2, 0.25) is 10.0 Å². The number of sulfonamides is 1. The van der Waals surface area contributed by atoms with Gasteiger partial charge in [-0.2, -0.15) is 4.31 Å². The molecule has 7 heteroatoms. The van der Waals surface area contributed by atoms with E-state index >= 15 is 0 Å². The first-order chi connectivity index (χ1) is 13.3. The van der Waals surface area contributed by atoms with E-state index in [1.807, 2.05) is 31.2 Å². The van der Waals surface area contributed by atoms with Crippen molar-refractivity contribution in [2.24, 2.45) is 0 Å². The van der Waals surface area contributed by atoms with Crippen LogP contribution in [0.3, 0.4) is 0 Å². The van der Waals surface area contributed by atoms with E-state index in [2.05, 4.69) is 24.1 Å². The number of carbonyl (C=O) groups is 1. The van der Waals surface area contributed by atoms with Crippen molar-refractivity contribution in [3.8, 4) is 0 Å². The first kappa shape index (κ1) is 21.7. The number of carbonyl (C=O) groups excluding carboxylic acids is 1. The van der Waals surface area contributed by atoms with E-state index in [-0.39, 0.29) is 23.5 Å². The largest absolute Gasteiger partial charge is 0.331 e. The number of likely N-dealkylation sites (N-methyl/N-ethyl adjacent to an activating group) is 1. The van der Waals surface area contributed by atoms with Gasteiger partial charge in [0.1, 0.15) is 0 Å². The number of nitrogens with one attached hydrogen (secondary N) is 2. The quantitative estimate of drug-likeness (QED) is 0.658. The van der Waals surface area contributed by atoms with Crippen molar-refractivity contribution in [2.75, 3.05) is 18.9 Å². The number of hydrogen-bond donors (Lipinski definition) is 2. The molecule has 6 nitrogen and oxygen atoms in total. The average molecular weight is 402 g/mol. The lowest BCUT2D eigenvalue weighted by Crippen LogP contribution is -2.31. The summed E-state index contributed by atoms with van der Waals surface area (Å²) in [4.78, 5) is 12.4. The Kier molecular flexibility index (Phi) is 7.37. The molecule has 0 spiro atoms. The van der Waals surface area contributed by atoms with Gasteiger partial charge >= 0.3 is 6.03 Å². The number of urea groups is 1. The lowest BCUT2D eigenvalue weighted by atomic mass is 10.1. The molecule has 150 valence electrons. The fraction of sp³-hybridized carbons (Fsp3) is 0.286. The summed E-state index contributed by atoms with van der Waals surface area (Å²) in [7, 11) is -2.08. The molecule has 1 atom stereocenters. The summed E-state index contributed by atoms with van der Waals surface area (Å²) >= 11 is 0. The van der Waals surface area contributed by atoms with Crippen LogP contribution >= 0.6 is 0 Å². The molecule has 0 aromatic heterocycles. The maximum atomic E-state index is 12.4. The molecule has 28 heavy (non-hydrogen) atoms. The molecule has 2 rings (SSSR count). The lowest BCUT2D eigenvalue weighted by molar-refractivity contribution is 0.249. The summed E-state index contributed by atoms with van der Waals surface area (Å²) in [5.74, 6) is 0. The van der Waals surface area contributed by atoms with Crippen LogP contribution in [-0.2, 0) is 16.4 Å². The minimum absolute atomic E-state index is 0.155. The zero-order valence-corrected chi connectivity index (χ0v) is 17.3. The van der Waals surface area contributed by atoms with Crippen LogP contribution < -0.4 is 10.6 Å². The van der Waals surface area contributed by atoms with Gasteiger partial charge in [-0.15, -0.1) is 6.58 Å². The van der Waals surface area contributed by atoms with Gasteiger partial charge in [-0.05, 0) is 48.7 Å². The fourth-order valence-corrected chi connectivity index (χ4v) is 3.80. The first-order valence-electron chi connectivity index (χ1n) is 9.11. The summed E-state index contributed by atoms with van der Waals surface area (Å²) in [6.07, 6.45) is 2.49. The van der Waals surface area contributed by atoms with E-state index in [0.29, 0.717) is 5.69 Å². The Morgan fingerprint density at radius 3 is 2.29 bits per heavy atom. The summed E-state index contributed by atoms with van der Waals surface area (Å²) in [5, 5.41) is 5.60. The van der Waals surface area contributed by atoms with Crippen molar-refractivity contribution < 1.29 is 13.2 Å². The summed E-state index contributed by atoms with van der Waals surface area (Å²) in [5.41, 5.74) is 2.77. The molecule has 0 radical (unpaired) electrons. The molecule has 0 aliphatic rings. The third-order valence-electron chi connectivity index (χ3n) is 4.44. The molecular formula is C21H27N3O3S. The Labute approximate surface area is 167 Å². The van der Waals surface area contributed by atoms with Gasteiger partial charge in [0.25, 0.3) is 0 Å². The molecule has 2 amide bonds. The van der Waals surface area contributed by atoms with Crippen LogP contribution in [0, 0.1) is 0 Å². The van der Waals surface area contributed by atoms with Gasteiger partial charge in [0, 0.05) is 19.3 Å². The zero-order valence-electron chi connectivity index (χ0n) is 16.5. The standard InChI is InChI=1S/C21H27N3O3S/c1-5-15-24(4)28(26,27)20-13-11-19(12-14-20)23-21(25)22-16(3)18-9-7-17(6-2)8-10-18/h5,7-14,16H,1,6,15H2,2-4H3,(H2,22,23,25). The van der Waals surface area contributed by atoms with Crippen LogP contribution in [0.4, 0.5) is 10.5 Å². The second-order valence-electron chi connectivity index (χ2n) is 6.51. The molecule has 0 fully saturated rings. The predicted octanol–water partition coefficient (Wildman–Crippen LogP) is 3.94. The first-order valence-corrected chi connectivity index (χ1v) is 10.6. The summed E-state index contributed by atoms with van der Waals surface area (Å²) in [6.45, 7) is 7.78. The van der Waals surface area contributed by atoms with E-state index < -0.39 is 10.0 Å². The van der Waals surface area contributed by atoms with Crippen LogP contribution in [0.1, 0.15) is 31.0 Å². The maximum Gasteiger partial charge on any atom is 0.319 e. The van der Waals surface area contributed by atoms with Gasteiger partial charge in [0.15, 0.2) is 0 Å². The molecule has 1 unspecified atom stereocenters. The Morgan fingerprint density at radius 2 is 1.75 bits per heavy atom. The van der Waals surface area contributed by atoms with Gasteiger partial charge < -0.3 is 10.6 Å². The third kappa shape index (κ3) is 5.43. The molecule has 0 saturated carbocycles. The van der Waals surface area contributed by atoms with Crippen molar-refractivity contribution in [1.82, 2.24) is 9.62 Å². The topological polar surface area (TPSA) is 78.5 Å². The smallest absolute Gasteiger partial charge is 0.319 e. The minimum Gasteiger partial charge on any atom is -0.331 e. The van der Waals surface area contributed by atoms with Gasteiger partial charge in [-0.1, -0.05) is 37.3 Å². The van der Waals surface area contributed by atoms with E-state index in [1.54, 1.807) is 12.1 Å². The van der Waals surface area contributed by atoms with Gasteiger partial charge in [0.05, 0.1) is 10.9 Å². The van der Waals surface area contributed by atoms with E-state index in [0.717, 1.165) is 12.0 Å². The van der Waals surface area contributed by atoms with Crippen LogP contribution in [0.2, 0.25) is 0 Å². The Hall–Kier alpha value is -2.64. The summed E-state index contributed by atoms with van der Waals surface area (Å²) < 4.78 is 26.0. The van der Waals surface area contributed by atoms with Gasteiger partial charge in [-0.3, -0.25) is 0 Å². The number of rotatable bonds is 8. The Balaban J connectivity index is 1.99. The Bertz CT molecular complexity index is 907. The van der Waals surface area contributed by atoms with E-state index in [4.69, 9.17) is 0 Å². The highest BCUT2D eigenvalue weighted by Crippen LogP contribution is 2.18. The molecule has 0 aliphatic carbocycles. The van der Waals surface area contributed by atoms with Crippen LogP contribution in [0.15, 0.2) is 66.1 Å². The number of nitrogens with zero attached hydrogens (tertiary/aromatic N) is 1. The Morgan fingerprint density at radius 1 is 1.14 bits per heavy atom. The van der Waals surface area contributed by atoms with Crippen molar-refractivity contribution in [2.45, 2.75) is 31.2 Å². The van der Waals surface area contributed by atoms with E-state index in [9.17, 15) is 13.2 Å². The average Bonchev–Trinajstić information content (AvgIpc) is 2.68. The monoisotopic (exact) mass is 401 g/mol. The number of amides is 2. The molecule has 2 N–H and O–H groups in total. The summed E-state index contributed by atoms with van der Waals surface area (Å²) in [6, 6.07) is 13.7. The number of hydrogen-bond acceptors (Lipinski definition) is 3. The molecule has 0 bridgehead atoms. The SMILES string of the molecule is C=CCN(C)S(=O)(=O)c1ccc(NC(=O)NC(C)c2ccc(CC)cc2)cc1. The van der Waals surface area contributed by atoms with Crippen molar-refractivity contribution in [3.63, 3.8) is 0 Å². The van der Waals surface area contributed by atoms with Gasteiger partial charge in [-0.25, -0.2) is 13.2 Å².